The molecular weight excluding hydrogens is 420 g/mol. The van der Waals surface area contributed by atoms with Crippen LogP contribution in [-0.2, 0) is 14.2 Å². The second-order valence-electron chi connectivity index (χ2n) is 7.25. The summed E-state index contributed by atoms with van der Waals surface area (Å²) in [6.07, 6.45) is 3.56. The van der Waals surface area contributed by atoms with Crippen LogP contribution in [0.15, 0.2) is 73.1 Å². The number of fused-ring (bicyclic) bond motifs is 2. The maximum Gasteiger partial charge on any atom is 0.121 e. The first-order valence-electron chi connectivity index (χ1n) is 11.1. The van der Waals surface area contributed by atoms with Crippen molar-refractivity contribution in [2.75, 3.05) is 52.9 Å². The van der Waals surface area contributed by atoms with E-state index < -0.39 is 0 Å². The molecule has 172 valence electrons. The van der Waals surface area contributed by atoms with Crippen LogP contribution in [0.4, 0.5) is 0 Å². The van der Waals surface area contributed by atoms with Gasteiger partial charge >= 0.3 is 0 Å². The number of ether oxygens (including phenoxy) is 5. The van der Waals surface area contributed by atoms with Crippen LogP contribution in [-0.4, -0.2) is 62.8 Å². The lowest BCUT2D eigenvalue weighted by atomic mass is 10.2. The third-order valence-electron chi connectivity index (χ3n) is 4.89. The van der Waals surface area contributed by atoms with Crippen LogP contribution in [0.3, 0.4) is 0 Å². The number of pyridine rings is 2. The molecule has 0 saturated carbocycles. The van der Waals surface area contributed by atoms with Crippen LogP contribution in [0, 0.1) is 0 Å². The first-order valence-corrected chi connectivity index (χ1v) is 11.1. The molecule has 0 unspecified atom stereocenters. The van der Waals surface area contributed by atoms with Gasteiger partial charge < -0.3 is 23.7 Å². The SMILES string of the molecule is c1cnc2ccc(OCCOCCOCCOCCOc3ccc4cccnc4c3)cc2c1. The van der Waals surface area contributed by atoms with Crippen molar-refractivity contribution in [3.05, 3.63) is 73.1 Å². The number of rotatable bonds is 14. The molecular formula is C26H28N2O5. The molecule has 0 N–H and O–H groups in total. The zero-order valence-corrected chi connectivity index (χ0v) is 18.5. The lowest BCUT2D eigenvalue weighted by Crippen LogP contribution is -2.14. The van der Waals surface area contributed by atoms with Crippen molar-refractivity contribution < 1.29 is 23.7 Å². The third kappa shape index (κ3) is 7.39. The molecule has 2 aromatic heterocycles. The van der Waals surface area contributed by atoms with Crippen molar-refractivity contribution in [3.63, 3.8) is 0 Å². The summed E-state index contributed by atoms with van der Waals surface area (Å²) >= 11 is 0. The molecule has 0 fully saturated rings. The van der Waals surface area contributed by atoms with Gasteiger partial charge in [0.15, 0.2) is 0 Å². The monoisotopic (exact) mass is 448 g/mol. The van der Waals surface area contributed by atoms with Crippen molar-refractivity contribution in [1.82, 2.24) is 9.97 Å². The molecule has 0 aliphatic heterocycles. The minimum absolute atomic E-state index is 0.481. The molecule has 0 spiro atoms. The van der Waals surface area contributed by atoms with Gasteiger partial charge in [-0.25, -0.2) is 0 Å². The summed E-state index contributed by atoms with van der Waals surface area (Å²) in [5.74, 6) is 1.61. The van der Waals surface area contributed by atoms with Crippen molar-refractivity contribution in [1.29, 1.82) is 0 Å². The van der Waals surface area contributed by atoms with Gasteiger partial charge in [-0.05, 0) is 42.5 Å². The molecule has 0 aliphatic carbocycles. The highest BCUT2D eigenvalue weighted by Crippen LogP contribution is 2.19. The Hall–Kier alpha value is -3.26. The van der Waals surface area contributed by atoms with Gasteiger partial charge in [0.05, 0.1) is 50.7 Å². The van der Waals surface area contributed by atoms with E-state index in [1.807, 2.05) is 60.7 Å². The fourth-order valence-electron chi connectivity index (χ4n) is 3.26. The van der Waals surface area contributed by atoms with Crippen molar-refractivity contribution in [2.45, 2.75) is 0 Å². The Kier molecular flexibility index (Phi) is 8.82. The van der Waals surface area contributed by atoms with Crippen molar-refractivity contribution >= 4 is 21.8 Å². The van der Waals surface area contributed by atoms with Crippen LogP contribution >= 0.6 is 0 Å². The first kappa shape index (κ1) is 22.9. The van der Waals surface area contributed by atoms with E-state index in [4.69, 9.17) is 23.7 Å². The summed E-state index contributed by atoms with van der Waals surface area (Å²) in [6.45, 7) is 4.05. The lowest BCUT2D eigenvalue weighted by molar-refractivity contribution is 0.00500. The van der Waals surface area contributed by atoms with Gasteiger partial charge in [0.2, 0.25) is 0 Å². The minimum atomic E-state index is 0.481. The smallest absolute Gasteiger partial charge is 0.121 e. The standard InChI is InChI=1S/C26H28N2O5/c1-3-21-5-6-24(20-26(21)28-10-1)33-18-16-31-14-12-29-11-13-30-15-17-32-23-7-8-25-22(19-23)4-2-9-27-25/h1-10,19-20H,11-18H2. The van der Waals surface area contributed by atoms with E-state index in [-0.39, 0.29) is 0 Å². The fourth-order valence-corrected chi connectivity index (χ4v) is 3.26. The number of benzene rings is 2. The van der Waals surface area contributed by atoms with Crippen molar-refractivity contribution in [3.8, 4) is 11.5 Å². The predicted molar refractivity (Wildman–Crippen MR) is 127 cm³/mol. The highest BCUT2D eigenvalue weighted by atomic mass is 16.6. The van der Waals surface area contributed by atoms with E-state index in [9.17, 15) is 0 Å². The Morgan fingerprint density at radius 2 is 1.03 bits per heavy atom. The quantitative estimate of drug-likeness (QED) is 0.267. The van der Waals surface area contributed by atoms with E-state index >= 15 is 0 Å². The number of aromatic nitrogens is 2. The van der Waals surface area contributed by atoms with Gasteiger partial charge in [0.25, 0.3) is 0 Å². The second kappa shape index (κ2) is 12.7. The van der Waals surface area contributed by atoms with Crippen LogP contribution in [0.25, 0.3) is 21.8 Å². The molecule has 0 bridgehead atoms. The van der Waals surface area contributed by atoms with E-state index in [1.54, 1.807) is 12.4 Å². The summed E-state index contributed by atoms with van der Waals surface area (Å²) in [5.41, 5.74) is 1.88. The van der Waals surface area contributed by atoms with E-state index in [2.05, 4.69) is 9.97 Å². The number of hydrogen-bond acceptors (Lipinski definition) is 7. The molecule has 33 heavy (non-hydrogen) atoms. The Labute approximate surface area is 193 Å². The Morgan fingerprint density at radius 3 is 1.73 bits per heavy atom. The van der Waals surface area contributed by atoms with E-state index in [0.29, 0.717) is 52.9 Å². The van der Waals surface area contributed by atoms with Crippen LogP contribution in [0.5, 0.6) is 11.5 Å². The van der Waals surface area contributed by atoms with E-state index in [0.717, 1.165) is 33.3 Å². The third-order valence-corrected chi connectivity index (χ3v) is 4.89. The van der Waals surface area contributed by atoms with Gasteiger partial charge in [-0.1, -0.05) is 12.1 Å². The Balaban J connectivity index is 0.967. The molecule has 7 heteroatoms. The Bertz CT molecular complexity index is 1050. The average Bonchev–Trinajstić information content (AvgIpc) is 2.86. The van der Waals surface area contributed by atoms with Gasteiger partial charge in [-0.15, -0.1) is 0 Å². The summed E-state index contributed by atoms with van der Waals surface area (Å²) in [6, 6.07) is 19.6. The maximum absolute atomic E-state index is 5.72. The molecule has 4 aromatic rings. The lowest BCUT2D eigenvalue weighted by Gasteiger charge is -2.09. The van der Waals surface area contributed by atoms with E-state index in [1.165, 1.54) is 0 Å². The predicted octanol–water partition coefficient (Wildman–Crippen LogP) is 4.29. The largest absolute Gasteiger partial charge is 0.491 e. The van der Waals surface area contributed by atoms with Crippen molar-refractivity contribution in [2.24, 2.45) is 0 Å². The van der Waals surface area contributed by atoms with Crippen LogP contribution < -0.4 is 9.47 Å². The molecule has 2 aromatic carbocycles. The molecule has 4 rings (SSSR count). The van der Waals surface area contributed by atoms with Gasteiger partial charge in [-0.3, -0.25) is 9.97 Å². The molecule has 0 aliphatic rings. The summed E-state index contributed by atoms with van der Waals surface area (Å²) in [4.78, 5) is 8.63. The first-order chi connectivity index (χ1) is 16.4. The minimum Gasteiger partial charge on any atom is -0.491 e. The molecule has 0 radical (unpaired) electrons. The highest BCUT2D eigenvalue weighted by molar-refractivity contribution is 5.80. The molecule has 0 saturated heterocycles. The summed E-state index contributed by atoms with van der Waals surface area (Å²) in [7, 11) is 0. The topological polar surface area (TPSA) is 71.9 Å². The maximum atomic E-state index is 5.72. The van der Waals surface area contributed by atoms with Gasteiger partial charge in [0.1, 0.15) is 24.7 Å². The number of hydrogen-bond donors (Lipinski definition) is 0. The zero-order valence-electron chi connectivity index (χ0n) is 18.5. The molecule has 7 nitrogen and oxygen atoms in total. The zero-order chi connectivity index (χ0) is 22.6. The fraction of sp³-hybridized carbons (Fsp3) is 0.308. The molecule has 2 heterocycles. The van der Waals surface area contributed by atoms with Crippen LogP contribution in [0.2, 0.25) is 0 Å². The van der Waals surface area contributed by atoms with Crippen LogP contribution in [0.1, 0.15) is 0 Å². The van der Waals surface area contributed by atoms with Gasteiger partial charge in [-0.2, -0.15) is 0 Å². The average molecular weight is 449 g/mol. The normalized spacial score (nSPS) is 11.2. The second-order valence-corrected chi connectivity index (χ2v) is 7.25. The van der Waals surface area contributed by atoms with Gasteiger partial charge in [0, 0.05) is 29.2 Å². The molecule has 0 atom stereocenters. The Morgan fingerprint density at radius 1 is 0.485 bits per heavy atom. The summed E-state index contributed by atoms with van der Waals surface area (Å²) in [5, 5.41) is 2.15. The number of nitrogens with zero attached hydrogens (tertiary/aromatic N) is 2. The summed E-state index contributed by atoms with van der Waals surface area (Å²) < 4.78 is 28.0. The highest BCUT2D eigenvalue weighted by Gasteiger charge is 2.00. The molecule has 0 amide bonds.